The van der Waals surface area contributed by atoms with E-state index in [-0.39, 0.29) is 13.2 Å². The molecular formula is C16H27N3O6. The van der Waals surface area contributed by atoms with E-state index >= 15 is 0 Å². The molecule has 0 N–H and O–H groups in total. The van der Waals surface area contributed by atoms with Crippen molar-refractivity contribution in [2.24, 2.45) is 5.16 Å². The minimum Gasteiger partial charge on any atom is -0.461 e. The Kier molecular flexibility index (Phi) is 8.10. The van der Waals surface area contributed by atoms with Crippen LogP contribution in [0.2, 0.25) is 0 Å². The summed E-state index contributed by atoms with van der Waals surface area (Å²) >= 11 is 0. The maximum atomic E-state index is 12.0. The molecule has 0 aromatic rings. The summed E-state index contributed by atoms with van der Waals surface area (Å²) in [6.07, 6.45) is 1.72. The quantitative estimate of drug-likeness (QED) is 0.263. The molecule has 2 rings (SSSR count). The molecule has 1 atom stereocenters. The normalized spacial score (nSPS) is 19.9. The van der Waals surface area contributed by atoms with Crippen LogP contribution in [-0.2, 0) is 28.6 Å². The number of likely N-dealkylation sites (tertiary alicyclic amines) is 1. The van der Waals surface area contributed by atoms with Crippen molar-refractivity contribution in [3.8, 4) is 0 Å². The van der Waals surface area contributed by atoms with Gasteiger partial charge in [-0.25, -0.2) is 14.5 Å². The Morgan fingerprint density at radius 1 is 0.960 bits per heavy atom. The fourth-order valence-electron chi connectivity index (χ4n) is 2.78. The van der Waals surface area contributed by atoms with Crippen molar-refractivity contribution in [3.63, 3.8) is 0 Å². The van der Waals surface area contributed by atoms with Crippen LogP contribution < -0.4 is 0 Å². The minimum atomic E-state index is -0.844. The van der Waals surface area contributed by atoms with Crippen LogP contribution >= 0.6 is 0 Å². The molecule has 0 saturated carbocycles. The van der Waals surface area contributed by atoms with E-state index in [0.29, 0.717) is 26.3 Å². The van der Waals surface area contributed by atoms with Crippen LogP contribution in [0.25, 0.3) is 0 Å². The van der Waals surface area contributed by atoms with E-state index in [0.717, 1.165) is 25.9 Å². The van der Waals surface area contributed by atoms with Gasteiger partial charge in [-0.15, -0.1) is 0 Å². The summed E-state index contributed by atoms with van der Waals surface area (Å²) in [5, 5.41) is 3.82. The second kappa shape index (κ2) is 10.3. The second-order valence-electron chi connectivity index (χ2n) is 5.70. The summed E-state index contributed by atoms with van der Waals surface area (Å²) in [5.41, 5.74) is -0.471. The van der Waals surface area contributed by atoms with Crippen LogP contribution in [0.5, 0.6) is 0 Å². The molecule has 0 aliphatic carbocycles. The van der Waals surface area contributed by atoms with E-state index < -0.39 is 24.0 Å². The number of nitrogens with zero attached hydrogens (tertiary/aromatic N) is 3. The van der Waals surface area contributed by atoms with Gasteiger partial charge in [-0.05, 0) is 26.7 Å². The van der Waals surface area contributed by atoms with Gasteiger partial charge in [0.2, 0.25) is 6.35 Å². The average molecular weight is 357 g/mol. The van der Waals surface area contributed by atoms with Crippen molar-refractivity contribution in [2.75, 3.05) is 52.6 Å². The lowest BCUT2D eigenvalue weighted by molar-refractivity contribution is -0.168. The minimum absolute atomic E-state index is 0.135. The Balaban J connectivity index is 2.13. The average Bonchev–Trinajstić information content (AvgIpc) is 3.14. The third-order valence-electron chi connectivity index (χ3n) is 3.99. The smallest absolute Gasteiger partial charge is 0.368 e. The number of rotatable bonds is 8. The Morgan fingerprint density at radius 3 is 2.00 bits per heavy atom. The highest BCUT2D eigenvalue weighted by atomic mass is 16.7. The first-order valence-corrected chi connectivity index (χ1v) is 8.81. The van der Waals surface area contributed by atoms with Crippen molar-refractivity contribution >= 4 is 17.7 Å². The van der Waals surface area contributed by atoms with Crippen LogP contribution in [0, 0.1) is 0 Å². The number of hydrogen-bond acceptors (Lipinski definition) is 9. The maximum absolute atomic E-state index is 12.0. The largest absolute Gasteiger partial charge is 0.461 e. The zero-order valence-electron chi connectivity index (χ0n) is 14.9. The van der Waals surface area contributed by atoms with E-state index in [4.69, 9.17) is 19.0 Å². The van der Waals surface area contributed by atoms with Crippen molar-refractivity contribution < 1.29 is 28.6 Å². The highest BCUT2D eigenvalue weighted by Crippen LogP contribution is 2.17. The SMILES string of the molecule is CCOC(=O)C(=NOC(N1CCCC1)N1CCOCC1)C(=O)OCC. The summed E-state index contributed by atoms with van der Waals surface area (Å²) in [6.45, 7) is 7.96. The molecule has 142 valence electrons. The summed E-state index contributed by atoms with van der Waals surface area (Å²) in [7, 11) is 0. The molecule has 0 aromatic carbocycles. The molecule has 2 aliphatic heterocycles. The molecule has 9 nitrogen and oxygen atoms in total. The van der Waals surface area contributed by atoms with E-state index in [1.807, 2.05) is 0 Å². The monoisotopic (exact) mass is 357 g/mol. The van der Waals surface area contributed by atoms with E-state index in [9.17, 15) is 9.59 Å². The van der Waals surface area contributed by atoms with Gasteiger partial charge in [0.15, 0.2) is 0 Å². The lowest BCUT2D eigenvalue weighted by atomic mass is 10.4. The van der Waals surface area contributed by atoms with Crippen molar-refractivity contribution in [3.05, 3.63) is 0 Å². The first kappa shape index (κ1) is 19.6. The predicted octanol–water partition coefficient (Wildman–Crippen LogP) is 0.197. The molecule has 0 radical (unpaired) electrons. The molecule has 1 unspecified atom stereocenters. The van der Waals surface area contributed by atoms with E-state index in [2.05, 4.69) is 15.0 Å². The standard InChI is InChI=1S/C16H27N3O6/c1-3-23-14(20)13(15(21)24-4-2)17-25-16(18-7-5-6-8-18)19-9-11-22-12-10-19/h16H,3-12H2,1-2H3. The molecule has 25 heavy (non-hydrogen) atoms. The van der Waals surface area contributed by atoms with Crippen molar-refractivity contribution in [2.45, 2.75) is 33.0 Å². The first-order chi connectivity index (χ1) is 12.2. The summed E-state index contributed by atoms with van der Waals surface area (Å²) in [4.78, 5) is 33.9. The van der Waals surface area contributed by atoms with Crippen LogP contribution in [0.15, 0.2) is 5.16 Å². The molecule has 2 heterocycles. The zero-order valence-corrected chi connectivity index (χ0v) is 14.9. The lowest BCUT2D eigenvalue weighted by Gasteiger charge is -2.37. The highest BCUT2D eigenvalue weighted by Gasteiger charge is 2.32. The molecule has 0 amide bonds. The van der Waals surface area contributed by atoms with Gasteiger partial charge in [0.05, 0.1) is 26.4 Å². The topological polar surface area (TPSA) is 89.9 Å². The molecule has 0 aromatic heterocycles. The van der Waals surface area contributed by atoms with E-state index in [1.54, 1.807) is 13.8 Å². The van der Waals surface area contributed by atoms with Crippen molar-refractivity contribution in [1.29, 1.82) is 0 Å². The van der Waals surface area contributed by atoms with Gasteiger partial charge in [0, 0.05) is 26.2 Å². The van der Waals surface area contributed by atoms with Crippen molar-refractivity contribution in [1.82, 2.24) is 9.80 Å². The van der Waals surface area contributed by atoms with E-state index in [1.165, 1.54) is 0 Å². The van der Waals surface area contributed by atoms with Gasteiger partial charge in [-0.2, -0.15) is 0 Å². The fourth-order valence-corrected chi connectivity index (χ4v) is 2.78. The number of carbonyl (C=O) groups is 2. The zero-order chi connectivity index (χ0) is 18.1. The number of morpholine rings is 1. The predicted molar refractivity (Wildman–Crippen MR) is 88.8 cm³/mol. The van der Waals surface area contributed by atoms with Gasteiger partial charge in [-0.3, -0.25) is 4.90 Å². The number of carbonyl (C=O) groups excluding carboxylic acids is 2. The van der Waals surface area contributed by atoms with Gasteiger partial charge in [-0.1, -0.05) is 5.16 Å². The van der Waals surface area contributed by atoms with Gasteiger partial charge in [0.1, 0.15) is 0 Å². The molecule has 0 spiro atoms. The lowest BCUT2D eigenvalue weighted by Crippen LogP contribution is -2.52. The Bertz CT molecular complexity index is 452. The molecule has 2 saturated heterocycles. The van der Waals surface area contributed by atoms with Crippen LogP contribution in [0.1, 0.15) is 26.7 Å². The summed E-state index contributed by atoms with van der Waals surface area (Å²) in [6, 6.07) is 0. The molecule has 2 fully saturated rings. The number of esters is 2. The number of hydrogen-bond donors (Lipinski definition) is 0. The third-order valence-corrected chi connectivity index (χ3v) is 3.99. The van der Waals surface area contributed by atoms with Gasteiger partial charge in [0.25, 0.3) is 5.71 Å². The van der Waals surface area contributed by atoms with Crippen LogP contribution in [0.3, 0.4) is 0 Å². The Hall–Kier alpha value is -1.71. The number of ether oxygens (including phenoxy) is 3. The Morgan fingerprint density at radius 2 is 1.48 bits per heavy atom. The van der Waals surface area contributed by atoms with Crippen LogP contribution in [-0.4, -0.2) is 86.4 Å². The first-order valence-electron chi connectivity index (χ1n) is 8.81. The molecule has 9 heteroatoms. The van der Waals surface area contributed by atoms with Crippen LogP contribution in [0.4, 0.5) is 0 Å². The van der Waals surface area contributed by atoms with Gasteiger partial charge >= 0.3 is 11.9 Å². The highest BCUT2D eigenvalue weighted by molar-refractivity contribution is 6.62. The molecule has 0 bridgehead atoms. The fraction of sp³-hybridized carbons (Fsp3) is 0.812. The number of oxime groups is 1. The molecule has 2 aliphatic rings. The summed E-state index contributed by atoms with van der Waals surface area (Å²) < 4.78 is 15.1. The second-order valence-corrected chi connectivity index (χ2v) is 5.70. The third kappa shape index (κ3) is 5.65. The van der Waals surface area contributed by atoms with Gasteiger partial charge < -0.3 is 19.0 Å². The molecular weight excluding hydrogens is 330 g/mol. The Labute approximate surface area is 147 Å². The summed E-state index contributed by atoms with van der Waals surface area (Å²) in [5.74, 6) is -1.69. The maximum Gasteiger partial charge on any atom is 0.368 e.